The molecule has 338 valence electrons. The summed E-state index contributed by atoms with van der Waals surface area (Å²) in [6.07, 6.45) is 9.78. The van der Waals surface area contributed by atoms with Crippen LogP contribution in [-0.2, 0) is 0 Å². The molecule has 0 N–H and O–H groups in total. The first-order valence-electron chi connectivity index (χ1n) is 24.2. The Morgan fingerprint density at radius 3 is 1.71 bits per heavy atom. The summed E-state index contributed by atoms with van der Waals surface area (Å²) in [6, 6.07) is 37.7. The standard InChI is InChI=1S/C56H60N6O4/c1-5-35-33-61-26-23-39(35)28-49(61)52(43-18-13-19-47-46(43)31-42(64-4)32-58-47)65-55-51(37-14-9-7-10-15-37)56(60-54(59-55)38-16-11-8-12-17-38)66-53(50-29-40-24-27-62(50)34-36(40)6-2)44-22-25-57-48-21-20-41(63-3)30-45(44)48/h7-22,25,30-32,35-36,39-40,49-50,52-53H,5-6,23-24,26-29,33-34H2,1-4H3/t35?,36?,39?,40-,49?,50-,52+,53+/m1/s1. The van der Waals surface area contributed by atoms with Crippen molar-refractivity contribution in [2.75, 3.05) is 40.4 Å². The van der Waals surface area contributed by atoms with Crippen LogP contribution in [0.4, 0.5) is 0 Å². The number of benzene rings is 4. The molecule has 6 aliphatic heterocycles. The second-order valence-electron chi connectivity index (χ2n) is 18.9. The van der Waals surface area contributed by atoms with E-state index >= 15 is 0 Å². The van der Waals surface area contributed by atoms with Crippen LogP contribution in [0.2, 0.25) is 0 Å². The Hall–Kier alpha value is -6.10. The molecule has 0 spiro atoms. The average Bonchev–Trinajstić information content (AvgIpc) is 3.39. The zero-order valence-electron chi connectivity index (χ0n) is 38.6. The van der Waals surface area contributed by atoms with Crippen molar-refractivity contribution in [2.24, 2.45) is 23.7 Å². The van der Waals surface area contributed by atoms with E-state index in [1.165, 1.54) is 25.7 Å². The molecular weight excluding hydrogens is 821 g/mol. The molecule has 4 aromatic carbocycles. The number of hydrogen-bond acceptors (Lipinski definition) is 10. The van der Waals surface area contributed by atoms with Crippen molar-refractivity contribution in [2.45, 2.75) is 76.7 Å². The lowest BCUT2D eigenvalue weighted by molar-refractivity contribution is -0.0510. The van der Waals surface area contributed by atoms with Gasteiger partial charge in [0.15, 0.2) is 5.82 Å². The Labute approximate surface area is 388 Å². The third kappa shape index (κ3) is 7.91. The van der Waals surface area contributed by atoms with Gasteiger partial charge in [0, 0.05) is 46.7 Å². The number of hydrogen-bond donors (Lipinski definition) is 0. The van der Waals surface area contributed by atoms with Gasteiger partial charge in [-0.05, 0) is 104 Å². The van der Waals surface area contributed by atoms with Crippen LogP contribution in [0.15, 0.2) is 122 Å². The first-order chi connectivity index (χ1) is 32.5. The van der Waals surface area contributed by atoms with E-state index in [0.717, 1.165) is 94.4 Å². The number of fused-ring (bicyclic) bond motifs is 8. The molecule has 7 aromatic rings. The van der Waals surface area contributed by atoms with Gasteiger partial charge in [0.1, 0.15) is 29.3 Å². The van der Waals surface area contributed by atoms with Crippen LogP contribution in [0.1, 0.15) is 75.7 Å². The number of aromatic nitrogens is 4. The van der Waals surface area contributed by atoms with Crippen LogP contribution in [-0.4, -0.2) is 82.2 Å². The maximum Gasteiger partial charge on any atom is 0.229 e. The van der Waals surface area contributed by atoms with E-state index in [1.54, 1.807) is 20.4 Å². The van der Waals surface area contributed by atoms with E-state index in [0.29, 0.717) is 47.0 Å². The first-order valence-corrected chi connectivity index (χ1v) is 24.2. The predicted molar refractivity (Wildman–Crippen MR) is 260 cm³/mol. The highest BCUT2D eigenvalue weighted by Crippen LogP contribution is 2.50. The second kappa shape index (κ2) is 18.3. The van der Waals surface area contributed by atoms with E-state index in [2.05, 4.69) is 103 Å². The highest BCUT2D eigenvalue weighted by atomic mass is 16.5. The fourth-order valence-electron chi connectivity index (χ4n) is 12.0. The number of piperidine rings is 6. The topological polar surface area (TPSA) is 95.0 Å². The zero-order chi connectivity index (χ0) is 44.7. The fraction of sp³-hybridized carbons (Fsp3) is 0.393. The summed E-state index contributed by atoms with van der Waals surface area (Å²) < 4.78 is 27.1. The van der Waals surface area contributed by atoms with Gasteiger partial charge in [0.25, 0.3) is 0 Å². The lowest BCUT2D eigenvalue weighted by Gasteiger charge is -2.52. The highest BCUT2D eigenvalue weighted by Gasteiger charge is 2.47. The summed E-state index contributed by atoms with van der Waals surface area (Å²) in [4.78, 5) is 26.0. The Morgan fingerprint density at radius 2 is 1.15 bits per heavy atom. The van der Waals surface area contributed by atoms with E-state index in [-0.39, 0.29) is 12.1 Å². The molecule has 10 nitrogen and oxygen atoms in total. The number of ether oxygens (including phenoxy) is 4. The molecule has 6 saturated heterocycles. The van der Waals surface area contributed by atoms with Crippen LogP contribution in [0.3, 0.4) is 0 Å². The summed E-state index contributed by atoms with van der Waals surface area (Å²) in [5, 5.41) is 2.02. The van der Waals surface area contributed by atoms with E-state index < -0.39 is 12.2 Å². The summed E-state index contributed by atoms with van der Waals surface area (Å²) >= 11 is 0. The molecule has 4 bridgehead atoms. The number of pyridine rings is 2. The van der Waals surface area contributed by atoms with E-state index in [1.807, 2.05) is 36.5 Å². The minimum absolute atomic E-state index is 0.106. The monoisotopic (exact) mass is 880 g/mol. The van der Waals surface area contributed by atoms with E-state index in [9.17, 15) is 0 Å². The van der Waals surface area contributed by atoms with Crippen LogP contribution in [0.5, 0.6) is 23.3 Å². The molecule has 0 aliphatic carbocycles. The predicted octanol–water partition coefficient (Wildman–Crippen LogP) is 11.4. The van der Waals surface area contributed by atoms with Crippen molar-refractivity contribution < 1.29 is 18.9 Å². The molecule has 6 aliphatic rings. The van der Waals surface area contributed by atoms with Gasteiger partial charge in [0.2, 0.25) is 11.8 Å². The molecule has 0 amide bonds. The molecule has 6 unspecified atom stereocenters. The van der Waals surface area contributed by atoms with Gasteiger partial charge >= 0.3 is 0 Å². The number of nitrogens with zero attached hydrogens (tertiary/aromatic N) is 6. The lowest BCUT2D eigenvalue weighted by Crippen LogP contribution is -2.56. The van der Waals surface area contributed by atoms with Crippen LogP contribution in [0, 0.1) is 23.7 Å². The number of rotatable bonds is 14. The molecule has 3 aromatic heterocycles. The minimum Gasteiger partial charge on any atom is -0.497 e. The normalized spacial score (nSPS) is 25.4. The van der Waals surface area contributed by atoms with Gasteiger partial charge in [-0.1, -0.05) is 99.5 Å². The average molecular weight is 881 g/mol. The maximum absolute atomic E-state index is 7.76. The molecular formula is C56H60N6O4. The van der Waals surface area contributed by atoms with Crippen LogP contribution >= 0.6 is 0 Å². The molecule has 0 radical (unpaired) electrons. The molecule has 10 heteroatoms. The number of methoxy groups -OCH3 is 2. The van der Waals surface area contributed by atoms with Crippen LogP contribution < -0.4 is 18.9 Å². The van der Waals surface area contributed by atoms with Gasteiger partial charge in [0.05, 0.1) is 43.5 Å². The van der Waals surface area contributed by atoms with Gasteiger partial charge < -0.3 is 18.9 Å². The van der Waals surface area contributed by atoms with Crippen LogP contribution in [0.25, 0.3) is 44.3 Å². The Kier molecular flexibility index (Phi) is 11.8. The molecule has 9 heterocycles. The SMILES string of the molecule is CCC1CN2CCC1CC2[C@@H](Oc1nc(-c2ccccc2)nc(O[C@@H](c2ccnc3ccc(OC)cc23)[C@H]2C[C@H]3CCN2CC3CC)c1-c1ccccc1)c1cccc2ncc(OC)cc12. The fourth-order valence-corrected chi connectivity index (χ4v) is 12.0. The Balaban J connectivity index is 1.13. The molecule has 13 rings (SSSR count). The van der Waals surface area contributed by atoms with E-state index in [4.69, 9.17) is 38.9 Å². The second-order valence-corrected chi connectivity index (χ2v) is 18.9. The van der Waals surface area contributed by atoms with Crippen molar-refractivity contribution in [1.82, 2.24) is 29.7 Å². The largest absolute Gasteiger partial charge is 0.497 e. The van der Waals surface area contributed by atoms with Crippen molar-refractivity contribution in [3.63, 3.8) is 0 Å². The third-order valence-corrected chi connectivity index (χ3v) is 15.6. The zero-order valence-corrected chi connectivity index (χ0v) is 38.6. The summed E-state index contributed by atoms with van der Waals surface area (Å²) in [5.41, 5.74) is 6.48. The highest BCUT2D eigenvalue weighted by molar-refractivity contribution is 5.85. The van der Waals surface area contributed by atoms with Gasteiger partial charge in [-0.15, -0.1) is 0 Å². The van der Waals surface area contributed by atoms with Crippen molar-refractivity contribution >= 4 is 21.8 Å². The van der Waals surface area contributed by atoms with Crippen molar-refractivity contribution in [1.29, 1.82) is 0 Å². The molecule has 0 saturated carbocycles. The Bertz CT molecular complexity index is 2680. The van der Waals surface area contributed by atoms with Crippen molar-refractivity contribution in [3.8, 4) is 45.8 Å². The van der Waals surface area contributed by atoms with Gasteiger partial charge in [-0.3, -0.25) is 19.8 Å². The summed E-state index contributed by atoms with van der Waals surface area (Å²) in [7, 11) is 3.42. The van der Waals surface area contributed by atoms with Gasteiger partial charge in [-0.2, -0.15) is 9.97 Å². The molecule has 6 fully saturated rings. The van der Waals surface area contributed by atoms with Gasteiger partial charge in [-0.25, -0.2) is 0 Å². The molecule has 66 heavy (non-hydrogen) atoms. The van der Waals surface area contributed by atoms with Crippen molar-refractivity contribution in [3.05, 3.63) is 133 Å². The first kappa shape index (κ1) is 42.5. The summed E-state index contributed by atoms with van der Waals surface area (Å²) in [6.45, 7) is 8.88. The maximum atomic E-state index is 7.76. The summed E-state index contributed by atoms with van der Waals surface area (Å²) in [5.74, 6) is 5.63. The quantitative estimate of drug-likeness (QED) is 0.105. The minimum atomic E-state index is -0.393. The molecule has 10 atom stereocenters. The Morgan fingerprint density at radius 1 is 0.591 bits per heavy atom. The third-order valence-electron chi connectivity index (χ3n) is 15.6. The lowest BCUT2D eigenvalue weighted by atomic mass is 9.72. The smallest absolute Gasteiger partial charge is 0.229 e.